The highest BCUT2D eigenvalue weighted by molar-refractivity contribution is 9.10. The molecule has 4 heteroatoms. The highest BCUT2D eigenvalue weighted by atomic mass is 79.9. The van der Waals surface area contributed by atoms with Gasteiger partial charge >= 0.3 is 0 Å². The zero-order valence-electron chi connectivity index (χ0n) is 11.3. The zero-order chi connectivity index (χ0) is 13.2. The van der Waals surface area contributed by atoms with Gasteiger partial charge in [0.15, 0.2) is 0 Å². The number of halogens is 1. The number of rotatable bonds is 9. The molecule has 102 valence electrons. The molecule has 0 amide bonds. The Morgan fingerprint density at radius 3 is 2.61 bits per heavy atom. The minimum atomic E-state index is 0.782. The van der Waals surface area contributed by atoms with Crippen molar-refractivity contribution >= 4 is 15.9 Å². The molecule has 3 nitrogen and oxygen atoms in total. The average Bonchev–Trinajstić information content (AvgIpc) is 2.31. The topological polar surface area (TPSA) is 33.3 Å². The van der Waals surface area contributed by atoms with E-state index in [1.807, 2.05) is 0 Å². The van der Waals surface area contributed by atoms with Crippen LogP contribution in [0.25, 0.3) is 0 Å². The van der Waals surface area contributed by atoms with E-state index in [0.29, 0.717) is 0 Å². The van der Waals surface area contributed by atoms with Gasteiger partial charge in [-0.2, -0.15) is 0 Å². The predicted molar refractivity (Wildman–Crippen MR) is 79.9 cm³/mol. The van der Waals surface area contributed by atoms with E-state index < -0.39 is 0 Å². The van der Waals surface area contributed by atoms with Gasteiger partial charge in [-0.3, -0.25) is 0 Å². The monoisotopic (exact) mass is 314 g/mol. The number of hydrogen-bond donors (Lipinski definition) is 2. The van der Waals surface area contributed by atoms with Crippen LogP contribution < -0.4 is 10.6 Å². The lowest BCUT2D eigenvalue weighted by molar-refractivity contribution is 0.199. The summed E-state index contributed by atoms with van der Waals surface area (Å²) < 4.78 is 6.12. The van der Waals surface area contributed by atoms with Crippen LogP contribution in [0.3, 0.4) is 0 Å². The Balaban J connectivity index is 2.07. The van der Waals surface area contributed by atoms with E-state index >= 15 is 0 Å². The summed E-state index contributed by atoms with van der Waals surface area (Å²) in [5.41, 5.74) is 2.62. The molecule has 0 aliphatic carbocycles. The third kappa shape index (κ3) is 7.11. The van der Waals surface area contributed by atoms with Crippen LogP contribution in [0.5, 0.6) is 0 Å². The van der Waals surface area contributed by atoms with Crippen LogP contribution in [0.2, 0.25) is 0 Å². The molecular formula is C14H23BrN2O. The van der Waals surface area contributed by atoms with Crippen LogP contribution in [0, 0.1) is 6.92 Å². The fourth-order valence-corrected chi connectivity index (χ4v) is 2.44. The summed E-state index contributed by atoms with van der Waals surface area (Å²) >= 11 is 3.52. The maximum atomic E-state index is 4.97. The van der Waals surface area contributed by atoms with Crippen molar-refractivity contribution in [2.24, 2.45) is 0 Å². The van der Waals surface area contributed by atoms with E-state index in [9.17, 15) is 0 Å². The molecule has 0 aromatic heterocycles. The van der Waals surface area contributed by atoms with Gasteiger partial charge in [-0.1, -0.05) is 22.0 Å². The van der Waals surface area contributed by atoms with Crippen LogP contribution in [0.1, 0.15) is 17.5 Å². The molecule has 0 fully saturated rings. The van der Waals surface area contributed by atoms with E-state index in [4.69, 9.17) is 4.74 Å². The summed E-state index contributed by atoms with van der Waals surface area (Å²) in [7, 11) is 1.73. The molecule has 0 radical (unpaired) electrons. The Morgan fingerprint density at radius 2 is 1.89 bits per heavy atom. The Kier molecular flexibility index (Phi) is 8.25. The number of nitrogens with one attached hydrogen (secondary N) is 2. The zero-order valence-corrected chi connectivity index (χ0v) is 12.8. The molecule has 0 heterocycles. The Bertz CT molecular complexity index is 324. The minimum absolute atomic E-state index is 0.782. The molecule has 0 unspecified atom stereocenters. The van der Waals surface area contributed by atoms with Gasteiger partial charge in [0.2, 0.25) is 0 Å². The van der Waals surface area contributed by atoms with E-state index in [1.165, 1.54) is 11.1 Å². The lowest BCUT2D eigenvalue weighted by Crippen LogP contribution is -2.24. The van der Waals surface area contributed by atoms with Gasteiger partial charge < -0.3 is 15.4 Å². The molecule has 0 saturated heterocycles. The Morgan fingerprint density at radius 1 is 1.11 bits per heavy atom. The molecule has 1 aromatic carbocycles. The summed E-state index contributed by atoms with van der Waals surface area (Å²) in [4.78, 5) is 0. The minimum Gasteiger partial charge on any atom is -0.383 e. The first-order valence-electron chi connectivity index (χ1n) is 6.39. The normalized spacial score (nSPS) is 10.8. The predicted octanol–water partition coefficient (Wildman–Crippen LogP) is 2.47. The molecule has 0 aliphatic heterocycles. The van der Waals surface area contributed by atoms with Crippen LogP contribution in [0.15, 0.2) is 22.7 Å². The maximum absolute atomic E-state index is 4.97. The van der Waals surface area contributed by atoms with Crippen molar-refractivity contribution in [2.45, 2.75) is 19.9 Å². The second kappa shape index (κ2) is 9.50. The quantitative estimate of drug-likeness (QED) is 0.687. The number of hydrogen-bond acceptors (Lipinski definition) is 3. The summed E-state index contributed by atoms with van der Waals surface area (Å²) in [6.07, 6.45) is 1.14. The van der Waals surface area contributed by atoms with Gasteiger partial charge in [0.05, 0.1) is 6.61 Å². The second-order valence-corrected chi connectivity index (χ2v) is 5.33. The van der Waals surface area contributed by atoms with Crippen molar-refractivity contribution in [1.29, 1.82) is 0 Å². The molecule has 0 aliphatic rings. The van der Waals surface area contributed by atoms with Gasteiger partial charge in [-0.15, -0.1) is 0 Å². The Labute approximate surface area is 118 Å². The average molecular weight is 315 g/mol. The highest BCUT2D eigenvalue weighted by Gasteiger charge is 1.96. The van der Waals surface area contributed by atoms with Crippen molar-refractivity contribution in [3.05, 3.63) is 33.8 Å². The van der Waals surface area contributed by atoms with Gasteiger partial charge in [-0.25, -0.2) is 0 Å². The van der Waals surface area contributed by atoms with Gasteiger partial charge in [0.25, 0.3) is 0 Å². The number of benzene rings is 1. The number of methoxy groups -OCH3 is 1. The van der Waals surface area contributed by atoms with Crippen molar-refractivity contribution < 1.29 is 4.74 Å². The largest absolute Gasteiger partial charge is 0.383 e. The summed E-state index contributed by atoms with van der Waals surface area (Å²) in [6.45, 7) is 6.83. The van der Waals surface area contributed by atoms with Gasteiger partial charge in [0.1, 0.15) is 0 Å². The number of ether oxygens (including phenoxy) is 1. The van der Waals surface area contributed by atoms with Gasteiger partial charge in [0, 0.05) is 24.7 Å². The first kappa shape index (κ1) is 15.6. The van der Waals surface area contributed by atoms with Crippen molar-refractivity contribution in [3.63, 3.8) is 0 Å². The molecular weight excluding hydrogens is 292 g/mol. The van der Waals surface area contributed by atoms with E-state index in [1.54, 1.807) is 7.11 Å². The maximum Gasteiger partial charge on any atom is 0.0587 e. The van der Waals surface area contributed by atoms with Crippen LogP contribution >= 0.6 is 15.9 Å². The lowest BCUT2D eigenvalue weighted by atomic mass is 10.1. The van der Waals surface area contributed by atoms with Crippen molar-refractivity contribution in [3.8, 4) is 0 Å². The molecule has 1 rings (SSSR count). The van der Waals surface area contributed by atoms with Crippen molar-refractivity contribution in [1.82, 2.24) is 10.6 Å². The molecule has 0 atom stereocenters. The highest BCUT2D eigenvalue weighted by Crippen LogP contribution is 2.14. The first-order chi connectivity index (χ1) is 8.72. The summed E-state index contributed by atoms with van der Waals surface area (Å²) in [5.74, 6) is 0. The van der Waals surface area contributed by atoms with Crippen LogP contribution in [-0.4, -0.2) is 33.4 Å². The molecule has 18 heavy (non-hydrogen) atoms. The number of aryl methyl sites for hydroxylation is 1. The summed E-state index contributed by atoms with van der Waals surface area (Å²) in [6, 6.07) is 6.51. The van der Waals surface area contributed by atoms with E-state index in [0.717, 1.165) is 43.7 Å². The van der Waals surface area contributed by atoms with E-state index in [2.05, 4.69) is 51.7 Å². The summed E-state index contributed by atoms with van der Waals surface area (Å²) in [5, 5.41) is 6.79. The van der Waals surface area contributed by atoms with E-state index in [-0.39, 0.29) is 0 Å². The van der Waals surface area contributed by atoms with Crippen LogP contribution in [0.4, 0.5) is 0 Å². The van der Waals surface area contributed by atoms with Crippen molar-refractivity contribution in [2.75, 3.05) is 33.4 Å². The molecule has 2 N–H and O–H groups in total. The van der Waals surface area contributed by atoms with Gasteiger partial charge in [-0.05, 0) is 49.7 Å². The molecule has 0 spiro atoms. The fraction of sp³-hybridized carbons (Fsp3) is 0.571. The SMILES string of the molecule is COCCNCCCNCc1cc(C)cc(Br)c1. The first-order valence-corrected chi connectivity index (χ1v) is 7.18. The third-order valence-corrected chi connectivity index (χ3v) is 3.08. The second-order valence-electron chi connectivity index (χ2n) is 4.41. The third-order valence-electron chi connectivity index (χ3n) is 2.62. The standard InChI is InChI=1S/C14H23BrN2O/c1-12-8-13(10-14(15)9-12)11-17-5-3-4-16-6-7-18-2/h8-10,16-17H,3-7,11H2,1-2H3. The molecule has 1 aromatic rings. The molecule has 0 bridgehead atoms. The molecule has 0 saturated carbocycles. The van der Waals surface area contributed by atoms with Crippen LogP contribution in [-0.2, 0) is 11.3 Å². The smallest absolute Gasteiger partial charge is 0.0587 e. The fourth-order valence-electron chi connectivity index (χ4n) is 1.78. The Hall–Kier alpha value is -0.420. The lowest BCUT2D eigenvalue weighted by Gasteiger charge is -2.07.